The van der Waals surface area contributed by atoms with Crippen molar-refractivity contribution in [1.82, 2.24) is 9.80 Å². The molecule has 3 fully saturated rings. The lowest BCUT2D eigenvalue weighted by Gasteiger charge is -2.45. The van der Waals surface area contributed by atoms with E-state index >= 15 is 0 Å². The Kier molecular flexibility index (Phi) is 4.00. The van der Waals surface area contributed by atoms with E-state index in [4.69, 9.17) is 0 Å². The molecule has 0 bridgehead atoms. The highest BCUT2D eigenvalue weighted by atomic mass is 16.1. The van der Waals surface area contributed by atoms with E-state index in [-0.39, 0.29) is 0 Å². The number of carbonyl (C=O) groups excluding carboxylic acids is 1. The zero-order valence-corrected chi connectivity index (χ0v) is 11.4. The topological polar surface area (TPSA) is 23.6 Å². The van der Waals surface area contributed by atoms with Gasteiger partial charge in [-0.25, -0.2) is 0 Å². The summed E-state index contributed by atoms with van der Waals surface area (Å²) < 4.78 is 0. The molecule has 2 heterocycles. The number of nitrogens with zero attached hydrogens (tertiary/aromatic N) is 2. The first kappa shape index (κ1) is 12.6. The average molecular weight is 250 g/mol. The van der Waals surface area contributed by atoms with Gasteiger partial charge in [0.25, 0.3) is 0 Å². The Morgan fingerprint density at radius 3 is 2.78 bits per heavy atom. The molecule has 3 heteroatoms. The van der Waals surface area contributed by atoms with E-state index in [1.54, 1.807) is 0 Å². The van der Waals surface area contributed by atoms with Crippen LogP contribution in [0.2, 0.25) is 0 Å². The van der Waals surface area contributed by atoms with Crippen molar-refractivity contribution < 1.29 is 4.79 Å². The summed E-state index contributed by atoms with van der Waals surface area (Å²) in [4.78, 5) is 17.2. The third-order valence-electron chi connectivity index (χ3n) is 5.08. The Morgan fingerprint density at radius 2 is 1.89 bits per heavy atom. The Morgan fingerprint density at radius 1 is 1.00 bits per heavy atom. The summed E-state index contributed by atoms with van der Waals surface area (Å²) in [5.74, 6) is 0.890. The highest BCUT2D eigenvalue weighted by Crippen LogP contribution is 2.25. The third-order valence-corrected chi connectivity index (χ3v) is 5.08. The molecule has 2 atom stereocenters. The molecule has 2 aliphatic heterocycles. The Labute approximate surface area is 111 Å². The molecule has 3 aliphatic rings. The highest BCUT2D eigenvalue weighted by Gasteiger charge is 2.31. The first-order valence-electron chi connectivity index (χ1n) is 7.82. The monoisotopic (exact) mass is 250 g/mol. The number of ketones is 1. The molecular formula is C15H26N2O. The van der Waals surface area contributed by atoms with Gasteiger partial charge in [-0.05, 0) is 32.2 Å². The van der Waals surface area contributed by atoms with Crippen molar-refractivity contribution in [2.45, 2.75) is 51.0 Å². The minimum atomic E-state index is 0.355. The fourth-order valence-electron chi connectivity index (χ4n) is 3.95. The fourth-order valence-corrected chi connectivity index (χ4v) is 3.95. The van der Waals surface area contributed by atoms with Gasteiger partial charge in [-0.15, -0.1) is 0 Å². The van der Waals surface area contributed by atoms with Gasteiger partial charge in [0.2, 0.25) is 0 Å². The van der Waals surface area contributed by atoms with E-state index in [2.05, 4.69) is 9.80 Å². The molecule has 18 heavy (non-hydrogen) atoms. The zero-order chi connectivity index (χ0) is 12.4. The summed E-state index contributed by atoms with van der Waals surface area (Å²) in [7, 11) is 0. The number of hydrogen-bond acceptors (Lipinski definition) is 3. The number of hydrogen-bond donors (Lipinski definition) is 0. The van der Waals surface area contributed by atoms with Gasteiger partial charge < -0.3 is 0 Å². The van der Waals surface area contributed by atoms with Crippen molar-refractivity contribution in [2.75, 3.05) is 32.7 Å². The predicted octanol–water partition coefficient (Wildman–Crippen LogP) is 1.92. The molecule has 0 aromatic carbocycles. The van der Waals surface area contributed by atoms with E-state index in [0.717, 1.165) is 31.8 Å². The van der Waals surface area contributed by atoms with E-state index in [9.17, 15) is 4.79 Å². The van der Waals surface area contributed by atoms with Crippen molar-refractivity contribution >= 4 is 5.78 Å². The summed E-state index contributed by atoms with van der Waals surface area (Å²) in [6.45, 7) is 5.97. The van der Waals surface area contributed by atoms with Crippen LogP contribution >= 0.6 is 0 Å². The molecule has 0 aromatic heterocycles. The minimum absolute atomic E-state index is 0.355. The average Bonchev–Trinajstić information content (AvgIpc) is 2.41. The van der Waals surface area contributed by atoms with Crippen molar-refractivity contribution in [2.24, 2.45) is 5.92 Å². The molecule has 2 saturated heterocycles. The van der Waals surface area contributed by atoms with Gasteiger partial charge in [0.1, 0.15) is 5.78 Å². The van der Waals surface area contributed by atoms with Crippen LogP contribution in [-0.2, 0) is 4.79 Å². The van der Waals surface area contributed by atoms with Gasteiger partial charge >= 0.3 is 0 Å². The molecule has 0 spiro atoms. The third kappa shape index (κ3) is 2.77. The molecule has 1 saturated carbocycles. The zero-order valence-electron chi connectivity index (χ0n) is 11.4. The molecule has 0 amide bonds. The Balaban J connectivity index is 1.52. The van der Waals surface area contributed by atoms with Gasteiger partial charge in [-0.3, -0.25) is 14.6 Å². The van der Waals surface area contributed by atoms with Crippen LogP contribution in [0.4, 0.5) is 0 Å². The van der Waals surface area contributed by atoms with E-state index < -0.39 is 0 Å². The molecule has 0 N–H and O–H groups in total. The normalized spacial score (nSPS) is 35.4. The quantitative estimate of drug-likeness (QED) is 0.748. The van der Waals surface area contributed by atoms with Crippen molar-refractivity contribution in [3.8, 4) is 0 Å². The van der Waals surface area contributed by atoms with E-state index in [1.165, 1.54) is 51.9 Å². The smallest absolute Gasteiger partial charge is 0.137 e. The second-order valence-corrected chi connectivity index (χ2v) is 6.35. The number of piperidine rings is 1. The van der Waals surface area contributed by atoms with Crippen molar-refractivity contribution in [3.63, 3.8) is 0 Å². The van der Waals surface area contributed by atoms with Crippen LogP contribution in [0.15, 0.2) is 0 Å². The minimum Gasteiger partial charge on any atom is -0.300 e. The number of Topliss-reactive ketones (excluding diaryl/α,β-unsaturated/α-hetero) is 1. The second-order valence-electron chi connectivity index (χ2n) is 6.35. The number of piperazine rings is 1. The molecule has 3 nitrogen and oxygen atoms in total. The van der Waals surface area contributed by atoms with Crippen LogP contribution < -0.4 is 0 Å². The summed E-state index contributed by atoms with van der Waals surface area (Å²) in [6.07, 6.45) is 8.54. The van der Waals surface area contributed by atoms with Gasteiger partial charge in [0, 0.05) is 44.6 Å². The van der Waals surface area contributed by atoms with Crippen molar-refractivity contribution in [1.29, 1.82) is 0 Å². The second kappa shape index (κ2) is 5.70. The molecule has 3 rings (SSSR count). The van der Waals surface area contributed by atoms with Crippen LogP contribution in [0.25, 0.3) is 0 Å². The van der Waals surface area contributed by atoms with Gasteiger partial charge in [-0.2, -0.15) is 0 Å². The lowest BCUT2D eigenvalue weighted by Crippen LogP contribution is -2.55. The Hall–Kier alpha value is -0.410. The maximum absolute atomic E-state index is 11.9. The summed E-state index contributed by atoms with van der Waals surface area (Å²) in [5, 5.41) is 0. The predicted molar refractivity (Wildman–Crippen MR) is 72.6 cm³/mol. The Bertz CT molecular complexity index is 305. The van der Waals surface area contributed by atoms with E-state index in [0.29, 0.717) is 11.7 Å². The number of carbonyl (C=O) groups is 1. The number of rotatable bonds is 2. The maximum atomic E-state index is 11.9. The van der Waals surface area contributed by atoms with Gasteiger partial charge in [-0.1, -0.05) is 12.8 Å². The standard InChI is InChI=1S/C15H26N2O/c18-15-7-2-1-5-13(15)11-16-9-10-17-8-4-3-6-14(17)12-16/h13-14H,1-12H2. The SMILES string of the molecule is O=C1CCCCC1CN1CCN2CCCCC2C1. The summed E-state index contributed by atoms with van der Waals surface area (Å²) in [5.41, 5.74) is 0. The first-order chi connectivity index (χ1) is 8.83. The molecular weight excluding hydrogens is 224 g/mol. The largest absolute Gasteiger partial charge is 0.300 e. The van der Waals surface area contributed by atoms with E-state index in [1.807, 2.05) is 0 Å². The van der Waals surface area contributed by atoms with Gasteiger partial charge in [0.05, 0.1) is 0 Å². The lowest BCUT2D eigenvalue weighted by atomic mass is 9.87. The van der Waals surface area contributed by atoms with Crippen LogP contribution in [0.5, 0.6) is 0 Å². The molecule has 102 valence electrons. The lowest BCUT2D eigenvalue weighted by molar-refractivity contribution is -0.125. The van der Waals surface area contributed by atoms with Crippen molar-refractivity contribution in [3.05, 3.63) is 0 Å². The molecule has 0 radical (unpaired) electrons. The van der Waals surface area contributed by atoms with Gasteiger partial charge in [0.15, 0.2) is 0 Å². The molecule has 2 unspecified atom stereocenters. The maximum Gasteiger partial charge on any atom is 0.137 e. The first-order valence-corrected chi connectivity index (χ1v) is 7.82. The van der Waals surface area contributed by atoms with Crippen LogP contribution in [0.1, 0.15) is 44.9 Å². The van der Waals surface area contributed by atoms with Crippen LogP contribution in [0.3, 0.4) is 0 Å². The fraction of sp³-hybridized carbons (Fsp3) is 0.933. The molecule has 1 aliphatic carbocycles. The van der Waals surface area contributed by atoms with Crippen LogP contribution in [-0.4, -0.2) is 54.3 Å². The summed E-state index contributed by atoms with van der Waals surface area (Å²) >= 11 is 0. The van der Waals surface area contributed by atoms with Crippen LogP contribution in [0, 0.1) is 5.92 Å². The molecule has 0 aromatic rings. The summed E-state index contributed by atoms with van der Waals surface area (Å²) in [6, 6.07) is 0.784. The number of fused-ring (bicyclic) bond motifs is 1. The highest BCUT2D eigenvalue weighted by molar-refractivity contribution is 5.81.